The summed E-state index contributed by atoms with van der Waals surface area (Å²) < 4.78 is 1.89. The summed E-state index contributed by atoms with van der Waals surface area (Å²) >= 11 is 1.68. The fourth-order valence-corrected chi connectivity index (χ4v) is 3.91. The maximum atomic E-state index is 12.2. The van der Waals surface area contributed by atoms with Crippen LogP contribution in [0.2, 0.25) is 0 Å². The Hall–Kier alpha value is -1.62. The lowest BCUT2D eigenvalue weighted by molar-refractivity contribution is 0.0956. The van der Waals surface area contributed by atoms with Gasteiger partial charge in [-0.15, -0.1) is 11.3 Å². The van der Waals surface area contributed by atoms with Crippen molar-refractivity contribution < 1.29 is 4.79 Å². The Bertz CT molecular complexity index is 565. The van der Waals surface area contributed by atoms with Crippen molar-refractivity contribution in [2.75, 3.05) is 6.54 Å². The Morgan fingerprint density at radius 3 is 3.10 bits per heavy atom. The number of aryl methyl sites for hydroxylation is 3. The minimum atomic E-state index is 0.0774. The van der Waals surface area contributed by atoms with E-state index in [9.17, 15) is 4.79 Å². The first-order chi connectivity index (χ1) is 10.3. The lowest BCUT2D eigenvalue weighted by Gasteiger charge is -2.04. The molecule has 0 fully saturated rings. The fraction of sp³-hybridized carbons (Fsp3) is 0.500. The molecular formula is C16H21N3OS. The molecule has 1 N–H and O–H groups in total. The van der Waals surface area contributed by atoms with Crippen LogP contribution in [0, 0.1) is 0 Å². The molecule has 2 aromatic heterocycles. The molecular weight excluding hydrogens is 282 g/mol. The van der Waals surface area contributed by atoms with Crippen molar-refractivity contribution in [2.24, 2.45) is 0 Å². The zero-order valence-corrected chi connectivity index (χ0v) is 13.0. The van der Waals surface area contributed by atoms with Crippen molar-refractivity contribution in [1.29, 1.82) is 0 Å². The first-order valence-corrected chi connectivity index (χ1v) is 8.52. The van der Waals surface area contributed by atoms with Gasteiger partial charge in [-0.25, -0.2) is 0 Å². The first kappa shape index (κ1) is 14.3. The van der Waals surface area contributed by atoms with E-state index in [0.717, 1.165) is 30.7 Å². The molecule has 2 heterocycles. The van der Waals surface area contributed by atoms with Crippen molar-refractivity contribution in [3.05, 3.63) is 39.8 Å². The van der Waals surface area contributed by atoms with Crippen LogP contribution in [-0.4, -0.2) is 22.2 Å². The molecule has 0 unspecified atom stereocenters. The van der Waals surface area contributed by atoms with E-state index in [4.69, 9.17) is 0 Å². The van der Waals surface area contributed by atoms with E-state index in [1.807, 2.05) is 16.9 Å². The Labute approximate surface area is 129 Å². The minimum Gasteiger partial charge on any atom is -0.351 e. The van der Waals surface area contributed by atoms with E-state index < -0.39 is 0 Å². The third-order valence-electron chi connectivity index (χ3n) is 3.88. The summed E-state index contributed by atoms with van der Waals surface area (Å²) in [7, 11) is 0. The van der Waals surface area contributed by atoms with Crippen LogP contribution in [0.4, 0.5) is 0 Å². The maximum absolute atomic E-state index is 12.2. The fourth-order valence-electron chi connectivity index (χ4n) is 2.74. The average Bonchev–Trinajstić information content (AvgIpc) is 3.09. The Morgan fingerprint density at radius 2 is 2.24 bits per heavy atom. The van der Waals surface area contributed by atoms with Gasteiger partial charge in [0.05, 0.1) is 4.88 Å². The highest BCUT2D eigenvalue weighted by molar-refractivity contribution is 7.14. The number of hydrogen-bond donors (Lipinski definition) is 1. The lowest BCUT2D eigenvalue weighted by atomic mass is 10.1. The van der Waals surface area contributed by atoms with Gasteiger partial charge in [0.1, 0.15) is 0 Å². The molecule has 0 spiro atoms. The van der Waals surface area contributed by atoms with E-state index in [1.54, 1.807) is 17.5 Å². The molecule has 0 aliphatic heterocycles. The molecule has 4 nitrogen and oxygen atoms in total. The zero-order chi connectivity index (χ0) is 14.5. The number of nitrogens with one attached hydrogen (secondary N) is 1. The van der Waals surface area contributed by atoms with Crippen LogP contribution in [-0.2, 0) is 19.4 Å². The van der Waals surface area contributed by atoms with Gasteiger partial charge in [-0.1, -0.05) is 6.42 Å². The number of carbonyl (C=O) groups excluding carboxylic acids is 1. The smallest absolute Gasteiger partial charge is 0.261 e. The second-order valence-electron chi connectivity index (χ2n) is 5.50. The maximum Gasteiger partial charge on any atom is 0.261 e. The first-order valence-electron chi connectivity index (χ1n) is 7.70. The molecule has 2 aromatic rings. The summed E-state index contributed by atoms with van der Waals surface area (Å²) in [6.07, 6.45) is 10.7. The van der Waals surface area contributed by atoms with Gasteiger partial charge < -0.3 is 5.32 Å². The standard InChI is InChI=1S/C16H21N3OS/c20-16(17-8-4-10-19-11-5-9-18-19)15-12-13-6-2-1-3-7-14(13)21-15/h5,9,11-12H,1-4,6-8,10H2,(H,17,20). The molecule has 3 rings (SSSR count). The summed E-state index contributed by atoms with van der Waals surface area (Å²) in [5.41, 5.74) is 1.40. The summed E-state index contributed by atoms with van der Waals surface area (Å²) in [6, 6.07) is 4.02. The van der Waals surface area contributed by atoms with Crippen LogP contribution in [0.15, 0.2) is 24.5 Å². The molecule has 1 aliphatic rings. The van der Waals surface area contributed by atoms with Gasteiger partial charge >= 0.3 is 0 Å². The van der Waals surface area contributed by atoms with Crippen LogP contribution >= 0.6 is 11.3 Å². The highest BCUT2D eigenvalue weighted by Gasteiger charge is 2.15. The van der Waals surface area contributed by atoms with Crippen molar-refractivity contribution in [2.45, 2.75) is 45.1 Å². The number of aromatic nitrogens is 2. The van der Waals surface area contributed by atoms with Crippen molar-refractivity contribution in [3.63, 3.8) is 0 Å². The van der Waals surface area contributed by atoms with E-state index in [1.165, 1.54) is 29.7 Å². The molecule has 0 radical (unpaired) electrons. The van der Waals surface area contributed by atoms with Gasteiger partial charge in [-0.3, -0.25) is 9.48 Å². The van der Waals surface area contributed by atoms with Gasteiger partial charge in [-0.2, -0.15) is 5.10 Å². The largest absolute Gasteiger partial charge is 0.351 e. The second kappa shape index (κ2) is 6.89. The van der Waals surface area contributed by atoms with E-state index >= 15 is 0 Å². The van der Waals surface area contributed by atoms with Crippen LogP contribution in [0.1, 0.15) is 45.8 Å². The van der Waals surface area contributed by atoms with Gasteiger partial charge in [-0.05, 0) is 49.8 Å². The van der Waals surface area contributed by atoms with Gasteiger partial charge in [0.25, 0.3) is 5.91 Å². The SMILES string of the molecule is O=C(NCCCn1cccn1)c1cc2c(s1)CCCCC2. The van der Waals surface area contributed by atoms with E-state index in [2.05, 4.69) is 16.5 Å². The lowest BCUT2D eigenvalue weighted by Crippen LogP contribution is -2.24. The normalized spacial score (nSPS) is 14.5. The number of fused-ring (bicyclic) bond motifs is 1. The Morgan fingerprint density at radius 1 is 1.33 bits per heavy atom. The number of nitrogens with zero attached hydrogens (tertiary/aromatic N) is 2. The van der Waals surface area contributed by atoms with Crippen molar-refractivity contribution in [3.8, 4) is 0 Å². The predicted octanol–water partition coefficient (Wildman–Crippen LogP) is 3.03. The third kappa shape index (κ3) is 3.73. The summed E-state index contributed by atoms with van der Waals surface area (Å²) in [4.78, 5) is 14.5. The summed E-state index contributed by atoms with van der Waals surface area (Å²) in [5.74, 6) is 0.0774. The van der Waals surface area contributed by atoms with Crippen LogP contribution < -0.4 is 5.32 Å². The molecule has 0 aromatic carbocycles. The third-order valence-corrected chi connectivity index (χ3v) is 5.11. The Kier molecular flexibility index (Phi) is 4.70. The summed E-state index contributed by atoms with van der Waals surface area (Å²) in [5, 5.41) is 7.17. The molecule has 21 heavy (non-hydrogen) atoms. The number of rotatable bonds is 5. The monoisotopic (exact) mass is 303 g/mol. The van der Waals surface area contributed by atoms with Crippen LogP contribution in [0.5, 0.6) is 0 Å². The van der Waals surface area contributed by atoms with E-state index in [-0.39, 0.29) is 5.91 Å². The predicted molar refractivity (Wildman–Crippen MR) is 84.8 cm³/mol. The molecule has 5 heteroatoms. The molecule has 112 valence electrons. The quantitative estimate of drug-likeness (QED) is 0.682. The highest BCUT2D eigenvalue weighted by Crippen LogP contribution is 2.28. The van der Waals surface area contributed by atoms with Crippen LogP contribution in [0.3, 0.4) is 0 Å². The Balaban J connectivity index is 1.49. The van der Waals surface area contributed by atoms with Gasteiger partial charge in [0.2, 0.25) is 0 Å². The second-order valence-corrected chi connectivity index (χ2v) is 6.64. The van der Waals surface area contributed by atoms with Gasteiger partial charge in [0.15, 0.2) is 0 Å². The molecule has 1 amide bonds. The molecule has 0 atom stereocenters. The van der Waals surface area contributed by atoms with Gasteiger partial charge in [0, 0.05) is 30.4 Å². The van der Waals surface area contributed by atoms with Crippen molar-refractivity contribution in [1.82, 2.24) is 15.1 Å². The number of amides is 1. The number of carbonyl (C=O) groups is 1. The zero-order valence-electron chi connectivity index (χ0n) is 12.2. The summed E-state index contributed by atoms with van der Waals surface area (Å²) in [6.45, 7) is 1.54. The number of thiophene rings is 1. The highest BCUT2D eigenvalue weighted by atomic mass is 32.1. The molecule has 1 aliphatic carbocycles. The average molecular weight is 303 g/mol. The number of hydrogen-bond acceptors (Lipinski definition) is 3. The van der Waals surface area contributed by atoms with Crippen LogP contribution in [0.25, 0.3) is 0 Å². The van der Waals surface area contributed by atoms with E-state index in [0.29, 0.717) is 6.54 Å². The molecule has 0 bridgehead atoms. The topological polar surface area (TPSA) is 46.9 Å². The minimum absolute atomic E-state index is 0.0774. The molecule has 0 saturated carbocycles. The van der Waals surface area contributed by atoms with Crippen molar-refractivity contribution >= 4 is 17.2 Å². The molecule has 0 saturated heterocycles.